The molecule has 0 aliphatic carbocycles. The molecule has 0 radical (unpaired) electrons. The van der Waals surface area contributed by atoms with Gasteiger partial charge >= 0.3 is 0 Å². The van der Waals surface area contributed by atoms with E-state index in [1.165, 1.54) is 0 Å². The molecule has 82 valence electrons. The first kappa shape index (κ1) is 10.5. The average Bonchev–Trinajstić information content (AvgIpc) is 2.76. The molecule has 0 amide bonds. The Morgan fingerprint density at radius 1 is 1.38 bits per heavy atom. The third-order valence-electron chi connectivity index (χ3n) is 2.07. The number of aromatic nitrogens is 2. The lowest BCUT2D eigenvalue weighted by atomic mass is 10.3. The second-order valence-corrected chi connectivity index (χ2v) is 3.19. The van der Waals surface area contributed by atoms with Crippen molar-refractivity contribution in [3.05, 3.63) is 24.5 Å². The number of nitrogens with one attached hydrogen (secondary N) is 1. The summed E-state index contributed by atoms with van der Waals surface area (Å²) in [6.45, 7) is 1.30. The number of fused-ring (bicyclic) bond motifs is 1. The summed E-state index contributed by atoms with van der Waals surface area (Å²) in [5.74, 6) is 3.19. The molecule has 0 unspecified atom stereocenters. The Hall–Kier alpha value is -1.99. The van der Waals surface area contributed by atoms with Crippen LogP contribution in [-0.4, -0.2) is 29.8 Å². The fourth-order valence-electron chi connectivity index (χ4n) is 1.35. The van der Waals surface area contributed by atoms with Gasteiger partial charge in [0.2, 0.25) is 0 Å². The molecule has 0 aliphatic rings. The quantitative estimate of drug-likeness (QED) is 0.610. The molecule has 0 aliphatic heterocycles. The summed E-state index contributed by atoms with van der Waals surface area (Å²) in [5.41, 5.74) is 1.89. The van der Waals surface area contributed by atoms with Gasteiger partial charge in [-0.15, -0.1) is 6.42 Å². The van der Waals surface area contributed by atoms with Crippen molar-refractivity contribution in [2.45, 2.75) is 0 Å². The van der Waals surface area contributed by atoms with Crippen molar-refractivity contribution in [3.63, 3.8) is 0 Å². The molecule has 0 fully saturated rings. The van der Waals surface area contributed by atoms with Crippen LogP contribution in [0.15, 0.2) is 24.5 Å². The van der Waals surface area contributed by atoms with Crippen LogP contribution in [0.25, 0.3) is 11.0 Å². The summed E-state index contributed by atoms with van der Waals surface area (Å²) in [6.07, 6.45) is 6.70. The van der Waals surface area contributed by atoms with Crippen LogP contribution in [0.1, 0.15) is 0 Å². The molecule has 1 aromatic heterocycles. The molecule has 2 rings (SSSR count). The number of terminal acetylenes is 1. The van der Waals surface area contributed by atoms with Crippen LogP contribution >= 0.6 is 0 Å². The van der Waals surface area contributed by atoms with Crippen molar-refractivity contribution >= 4 is 11.0 Å². The Bertz CT molecular complexity index is 499. The molecule has 2 aromatic rings. The number of hydrogen-bond acceptors (Lipinski definition) is 3. The van der Waals surface area contributed by atoms with E-state index in [0.717, 1.165) is 16.8 Å². The van der Waals surface area contributed by atoms with Gasteiger partial charge in [0.1, 0.15) is 19.0 Å². The number of hydrogen-bond donors (Lipinski definition) is 1. The van der Waals surface area contributed by atoms with Crippen molar-refractivity contribution in [3.8, 4) is 18.1 Å². The van der Waals surface area contributed by atoms with Crippen LogP contribution in [-0.2, 0) is 4.74 Å². The summed E-state index contributed by atoms with van der Waals surface area (Å²) in [5, 5.41) is 0. The Labute approximate surface area is 93.6 Å². The normalized spacial score (nSPS) is 10.2. The van der Waals surface area contributed by atoms with Crippen LogP contribution in [0.4, 0.5) is 0 Å². The van der Waals surface area contributed by atoms with E-state index in [0.29, 0.717) is 19.8 Å². The molecular formula is C12H12N2O2. The third kappa shape index (κ3) is 2.53. The topological polar surface area (TPSA) is 47.1 Å². The number of benzene rings is 1. The van der Waals surface area contributed by atoms with E-state index >= 15 is 0 Å². The Morgan fingerprint density at radius 3 is 3.19 bits per heavy atom. The van der Waals surface area contributed by atoms with Crippen LogP contribution in [0, 0.1) is 12.3 Å². The van der Waals surface area contributed by atoms with Gasteiger partial charge in [-0.25, -0.2) is 4.98 Å². The molecule has 1 N–H and O–H groups in total. The monoisotopic (exact) mass is 216 g/mol. The predicted octanol–water partition coefficient (Wildman–Crippen LogP) is 1.59. The highest BCUT2D eigenvalue weighted by atomic mass is 16.5. The summed E-state index contributed by atoms with van der Waals surface area (Å²) in [7, 11) is 0. The predicted molar refractivity (Wildman–Crippen MR) is 61.2 cm³/mol. The minimum absolute atomic E-state index is 0.322. The number of ether oxygens (including phenoxy) is 2. The Balaban J connectivity index is 1.87. The van der Waals surface area contributed by atoms with Crippen molar-refractivity contribution in [1.29, 1.82) is 0 Å². The van der Waals surface area contributed by atoms with E-state index in [1.807, 2.05) is 18.2 Å². The molecule has 4 heteroatoms. The maximum absolute atomic E-state index is 5.49. The van der Waals surface area contributed by atoms with Crippen molar-refractivity contribution in [2.75, 3.05) is 19.8 Å². The number of rotatable bonds is 5. The largest absolute Gasteiger partial charge is 0.491 e. The molecule has 4 nitrogen and oxygen atoms in total. The highest BCUT2D eigenvalue weighted by Crippen LogP contribution is 2.17. The average molecular weight is 216 g/mol. The van der Waals surface area contributed by atoms with Gasteiger partial charge in [-0.2, -0.15) is 0 Å². The van der Waals surface area contributed by atoms with Gasteiger partial charge in [-0.1, -0.05) is 5.92 Å². The first-order chi connectivity index (χ1) is 7.90. The number of H-pyrrole nitrogens is 1. The van der Waals surface area contributed by atoms with Crippen LogP contribution < -0.4 is 4.74 Å². The minimum Gasteiger partial charge on any atom is -0.491 e. The maximum atomic E-state index is 5.49. The SMILES string of the molecule is C#CCOCCOc1ccc2nc[nH]c2c1. The first-order valence-corrected chi connectivity index (χ1v) is 4.97. The van der Waals surface area contributed by atoms with E-state index in [-0.39, 0.29) is 0 Å². The number of nitrogens with zero attached hydrogens (tertiary/aromatic N) is 1. The fraction of sp³-hybridized carbons (Fsp3) is 0.250. The molecule has 0 saturated heterocycles. The van der Waals surface area contributed by atoms with E-state index in [4.69, 9.17) is 15.9 Å². The fourth-order valence-corrected chi connectivity index (χ4v) is 1.35. The van der Waals surface area contributed by atoms with Gasteiger partial charge in [0.25, 0.3) is 0 Å². The van der Waals surface area contributed by atoms with E-state index in [9.17, 15) is 0 Å². The second kappa shape index (κ2) is 5.19. The Kier molecular flexibility index (Phi) is 3.42. The van der Waals surface area contributed by atoms with Gasteiger partial charge in [0.15, 0.2) is 0 Å². The van der Waals surface area contributed by atoms with Crippen LogP contribution in [0.2, 0.25) is 0 Å². The molecule has 0 atom stereocenters. The van der Waals surface area contributed by atoms with Gasteiger partial charge < -0.3 is 14.5 Å². The third-order valence-corrected chi connectivity index (χ3v) is 2.07. The second-order valence-electron chi connectivity index (χ2n) is 3.19. The lowest BCUT2D eigenvalue weighted by molar-refractivity contribution is 0.124. The number of aromatic amines is 1. The zero-order valence-corrected chi connectivity index (χ0v) is 8.77. The lowest BCUT2D eigenvalue weighted by Crippen LogP contribution is -2.06. The van der Waals surface area contributed by atoms with E-state index in [2.05, 4.69) is 15.9 Å². The smallest absolute Gasteiger partial charge is 0.121 e. The van der Waals surface area contributed by atoms with Crippen molar-refractivity contribution in [2.24, 2.45) is 0 Å². The van der Waals surface area contributed by atoms with E-state index < -0.39 is 0 Å². The first-order valence-electron chi connectivity index (χ1n) is 4.97. The zero-order valence-electron chi connectivity index (χ0n) is 8.77. The van der Waals surface area contributed by atoms with Gasteiger partial charge in [-0.05, 0) is 12.1 Å². The molecule has 16 heavy (non-hydrogen) atoms. The summed E-state index contributed by atoms with van der Waals surface area (Å²) in [6, 6.07) is 5.69. The standard InChI is InChI=1S/C12H12N2O2/c1-2-5-15-6-7-16-10-3-4-11-12(8-10)14-9-13-11/h1,3-4,8-9H,5-7H2,(H,13,14). The molecule has 0 saturated carbocycles. The summed E-state index contributed by atoms with van der Waals surface area (Å²) < 4.78 is 10.6. The van der Waals surface area contributed by atoms with Crippen LogP contribution in [0.5, 0.6) is 5.75 Å². The zero-order chi connectivity index (χ0) is 11.2. The molecule has 0 spiro atoms. The highest BCUT2D eigenvalue weighted by Gasteiger charge is 1.98. The summed E-state index contributed by atoms with van der Waals surface area (Å²) >= 11 is 0. The highest BCUT2D eigenvalue weighted by molar-refractivity contribution is 5.75. The van der Waals surface area contributed by atoms with Crippen molar-refractivity contribution < 1.29 is 9.47 Å². The summed E-state index contributed by atoms with van der Waals surface area (Å²) in [4.78, 5) is 7.14. The van der Waals surface area contributed by atoms with E-state index in [1.54, 1.807) is 6.33 Å². The van der Waals surface area contributed by atoms with Crippen molar-refractivity contribution in [1.82, 2.24) is 9.97 Å². The molecule has 1 heterocycles. The van der Waals surface area contributed by atoms with Gasteiger partial charge in [0, 0.05) is 6.07 Å². The lowest BCUT2D eigenvalue weighted by Gasteiger charge is -2.05. The molecular weight excluding hydrogens is 204 g/mol. The van der Waals surface area contributed by atoms with Gasteiger partial charge in [0.05, 0.1) is 24.0 Å². The number of imidazole rings is 1. The minimum atomic E-state index is 0.322. The maximum Gasteiger partial charge on any atom is 0.121 e. The Morgan fingerprint density at radius 2 is 2.31 bits per heavy atom. The molecule has 0 bridgehead atoms. The molecule has 1 aromatic carbocycles. The van der Waals surface area contributed by atoms with Crippen LogP contribution in [0.3, 0.4) is 0 Å². The van der Waals surface area contributed by atoms with Gasteiger partial charge in [-0.3, -0.25) is 0 Å².